The highest BCUT2D eigenvalue weighted by Gasteiger charge is 2.48. The average molecular weight is 124 g/mol. The van der Waals surface area contributed by atoms with E-state index in [0.717, 1.165) is 11.8 Å². The van der Waals surface area contributed by atoms with Crippen molar-refractivity contribution >= 4 is 0 Å². The predicted octanol–water partition coefficient (Wildman–Crippen LogP) is 2.69. The van der Waals surface area contributed by atoms with Crippen LogP contribution in [0.1, 0.15) is 33.1 Å². The Labute approximate surface area is 57.6 Å². The summed E-state index contributed by atoms with van der Waals surface area (Å²) in [4.78, 5) is 0. The van der Waals surface area contributed by atoms with Crippen LogP contribution in [-0.2, 0) is 0 Å². The van der Waals surface area contributed by atoms with Crippen molar-refractivity contribution in [2.24, 2.45) is 23.7 Å². The third kappa shape index (κ3) is 0.997. The van der Waals surface area contributed by atoms with Crippen LogP contribution in [0.15, 0.2) is 0 Å². The molecule has 0 saturated heterocycles. The van der Waals surface area contributed by atoms with Crippen LogP contribution in [0.3, 0.4) is 0 Å². The Morgan fingerprint density at radius 2 is 1.89 bits per heavy atom. The molecule has 0 aromatic heterocycles. The van der Waals surface area contributed by atoms with E-state index in [-0.39, 0.29) is 0 Å². The first kappa shape index (κ1) is 5.76. The Hall–Kier alpha value is 0. The summed E-state index contributed by atoms with van der Waals surface area (Å²) in [5.74, 6) is 4.44. The molecular formula is C9H16. The first-order chi connectivity index (χ1) is 4.29. The average Bonchev–Trinajstić information content (AvgIpc) is 2.60. The first-order valence-electron chi connectivity index (χ1n) is 4.29. The van der Waals surface area contributed by atoms with E-state index < -0.39 is 0 Å². The number of hydrogen-bond acceptors (Lipinski definition) is 0. The maximum Gasteiger partial charge on any atom is -0.0352 e. The normalized spacial score (nSPS) is 41.7. The van der Waals surface area contributed by atoms with E-state index in [1.54, 1.807) is 19.3 Å². The molecule has 2 fully saturated rings. The van der Waals surface area contributed by atoms with Gasteiger partial charge in [-0.1, -0.05) is 13.8 Å². The van der Waals surface area contributed by atoms with Crippen molar-refractivity contribution in [3.05, 3.63) is 0 Å². The lowest BCUT2D eigenvalue weighted by atomic mass is 10.1. The van der Waals surface area contributed by atoms with Gasteiger partial charge >= 0.3 is 0 Å². The molecule has 2 rings (SSSR count). The van der Waals surface area contributed by atoms with E-state index >= 15 is 0 Å². The molecule has 0 aromatic carbocycles. The maximum absolute atomic E-state index is 2.37. The van der Waals surface area contributed by atoms with Crippen LogP contribution in [0.2, 0.25) is 0 Å². The van der Waals surface area contributed by atoms with Crippen LogP contribution in [0.4, 0.5) is 0 Å². The highest BCUT2D eigenvalue weighted by Crippen LogP contribution is 2.56. The van der Waals surface area contributed by atoms with Gasteiger partial charge in [0, 0.05) is 0 Å². The topological polar surface area (TPSA) is 0 Å². The molecule has 2 aliphatic rings. The summed E-state index contributed by atoms with van der Waals surface area (Å²) in [5.41, 5.74) is 0. The Kier molecular flexibility index (Phi) is 1.12. The van der Waals surface area contributed by atoms with Crippen molar-refractivity contribution in [3.8, 4) is 0 Å². The van der Waals surface area contributed by atoms with Gasteiger partial charge in [-0.25, -0.2) is 0 Å². The van der Waals surface area contributed by atoms with Gasteiger partial charge in [-0.2, -0.15) is 0 Å². The Balaban J connectivity index is 1.81. The second kappa shape index (κ2) is 1.74. The minimum atomic E-state index is 0.968. The van der Waals surface area contributed by atoms with Crippen LogP contribution < -0.4 is 0 Å². The SMILES string of the molecule is CC(C)[C@H]1C[C@H]1C1CC1. The van der Waals surface area contributed by atoms with E-state index in [1.165, 1.54) is 11.8 Å². The molecule has 9 heavy (non-hydrogen) atoms. The third-order valence-corrected chi connectivity index (χ3v) is 2.97. The second-order valence-electron chi connectivity index (χ2n) is 4.14. The van der Waals surface area contributed by atoms with Crippen LogP contribution >= 0.6 is 0 Å². The molecule has 0 nitrogen and oxygen atoms in total. The van der Waals surface area contributed by atoms with Crippen molar-refractivity contribution in [3.63, 3.8) is 0 Å². The Bertz CT molecular complexity index is 105. The Morgan fingerprint density at radius 3 is 2.22 bits per heavy atom. The summed E-state index contributed by atoms with van der Waals surface area (Å²) in [6, 6.07) is 0. The van der Waals surface area contributed by atoms with E-state index in [1.807, 2.05) is 0 Å². The van der Waals surface area contributed by atoms with Gasteiger partial charge in [0.05, 0.1) is 0 Å². The van der Waals surface area contributed by atoms with Crippen molar-refractivity contribution in [1.29, 1.82) is 0 Å². The molecule has 2 saturated carbocycles. The lowest BCUT2D eigenvalue weighted by Crippen LogP contribution is -1.93. The standard InChI is InChI=1S/C9H16/c1-6(2)8-5-9(8)7-3-4-7/h6-9H,3-5H2,1-2H3/t8-,9+/m1/s1. The van der Waals surface area contributed by atoms with Gasteiger partial charge in [-0.05, 0) is 42.9 Å². The van der Waals surface area contributed by atoms with Gasteiger partial charge in [0.15, 0.2) is 0 Å². The largest absolute Gasteiger partial charge is 0.0625 e. The molecule has 0 heteroatoms. The number of hydrogen-bond donors (Lipinski definition) is 0. The molecule has 2 atom stereocenters. The number of rotatable bonds is 2. The minimum Gasteiger partial charge on any atom is -0.0625 e. The molecule has 0 N–H and O–H groups in total. The van der Waals surface area contributed by atoms with Gasteiger partial charge in [-0.15, -0.1) is 0 Å². The molecule has 0 bridgehead atoms. The van der Waals surface area contributed by atoms with Crippen LogP contribution in [-0.4, -0.2) is 0 Å². The summed E-state index contributed by atoms with van der Waals surface area (Å²) in [6.45, 7) is 4.74. The van der Waals surface area contributed by atoms with Gasteiger partial charge in [-0.3, -0.25) is 0 Å². The molecule has 0 unspecified atom stereocenters. The molecule has 0 aliphatic heterocycles. The van der Waals surface area contributed by atoms with E-state index in [9.17, 15) is 0 Å². The van der Waals surface area contributed by atoms with Crippen molar-refractivity contribution in [1.82, 2.24) is 0 Å². The maximum atomic E-state index is 2.37. The van der Waals surface area contributed by atoms with Crippen molar-refractivity contribution in [2.75, 3.05) is 0 Å². The summed E-state index contributed by atoms with van der Waals surface area (Å²) >= 11 is 0. The lowest BCUT2D eigenvalue weighted by molar-refractivity contribution is 0.494. The second-order valence-corrected chi connectivity index (χ2v) is 4.14. The van der Waals surface area contributed by atoms with Gasteiger partial charge in [0.1, 0.15) is 0 Å². The fourth-order valence-electron chi connectivity index (χ4n) is 2.07. The highest BCUT2D eigenvalue weighted by atomic mass is 14.5. The van der Waals surface area contributed by atoms with Crippen LogP contribution in [0.5, 0.6) is 0 Å². The fourth-order valence-corrected chi connectivity index (χ4v) is 2.07. The molecule has 2 aliphatic carbocycles. The zero-order valence-corrected chi connectivity index (χ0v) is 6.43. The zero-order valence-electron chi connectivity index (χ0n) is 6.43. The molecular weight excluding hydrogens is 108 g/mol. The molecule has 0 heterocycles. The molecule has 0 spiro atoms. The summed E-state index contributed by atoms with van der Waals surface area (Å²) in [5, 5.41) is 0. The van der Waals surface area contributed by atoms with Gasteiger partial charge in [0.25, 0.3) is 0 Å². The van der Waals surface area contributed by atoms with E-state index in [0.29, 0.717) is 0 Å². The third-order valence-electron chi connectivity index (χ3n) is 2.97. The molecule has 0 amide bonds. The zero-order chi connectivity index (χ0) is 6.43. The summed E-state index contributed by atoms with van der Waals surface area (Å²) in [6.07, 6.45) is 4.66. The Morgan fingerprint density at radius 1 is 1.22 bits per heavy atom. The molecule has 0 radical (unpaired) electrons. The fraction of sp³-hybridized carbons (Fsp3) is 1.00. The van der Waals surface area contributed by atoms with Crippen molar-refractivity contribution < 1.29 is 0 Å². The molecule has 0 aromatic rings. The van der Waals surface area contributed by atoms with Crippen LogP contribution in [0.25, 0.3) is 0 Å². The quantitative estimate of drug-likeness (QED) is 0.531. The summed E-state index contributed by atoms with van der Waals surface area (Å²) in [7, 11) is 0. The van der Waals surface area contributed by atoms with Gasteiger partial charge in [0.2, 0.25) is 0 Å². The first-order valence-corrected chi connectivity index (χ1v) is 4.29. The lowest BCUT2D eigenvalue weighted by Gasteiger charge is -1.99. The monoisotopic (exact) mass is 124 g/mol. The summed E-state index contributed by atoms with van der Waals surface area (Å²) < 4.78 is 0. The van der Waals surface area contributed by atoms with E-state index in [2.05, 4.69) is 13.8 Å². The minimum absolute atomic E-state index is 0.968. The van der Waals surface area contributed by atoms with Crippen molar-refractivity contribution in [2.45, 2.75) is 33.1 Å². The van der Waals surface area contributed by atoms with Gasteiger partial charge < -0.3 is 0 Å². The highest BCUT2D eigenvalue weighted by molar-refractivity contribution is 4.97. The molecule has 52 valence electrons. The van der Waals surface area contributed by atoms with Crippen LogP contribution in [0, 0.1) is 23.7 Å². The van der Waals surface area contributed by atoms with E-state index in [4.69, 9.17) is 0 Å². The smallest absolute Gasteiger partial charge is 0.0352 e. The predicted molar refractivity (Wildman–Crippen MR) is 39.2 cm³/mol.